The molecule has 178 valence electrons. The molecule has 0 saturated carbocycles. The van der Waals surface area contributed by atoms with Crippen LogP contribution in [0.1, 0.15) is 21.7 Å². The van der Waals surface area contributed by atoms with Gasteiger partial charge in [0.15, 0.2) is 17.3 Å². The van der Waals surface area contributed by atoms with Gasteiger partial charge in [0, 0.05) is 17.5 Å². The summed E-state index contributed by atoms with van der Waals surface area (Å²) in [5.74, 6) is -0.401. The molecule has 0 atom stereocenters. The van der Waals surface area contributed by atoms with Gasteiger partial charge in [-0.15, -0.1) is 0 Å². The van der Waals surface area contributed by atoms with Crippen LogP contribution in [0, 0.1) is 15.9 Å². The van der Waals surface area contributed by atoms with Crippen LogP contribution in [0.2, 0.25) is 5.02 Å². The molecule has 4 rings (SSSR count). The summed E-state index contributed by atoms with van der Waals surface area (Å²) in [5.41, 5.74) is 3.81. The maximum atomic E-state index is 13.1. The van der Waals surface area contributed by atoms with Crippen LogP contribution < -0.4 is 14.9 Å². The van der Waals surface area contributed by atoms with Gasteiger partial charge in [0.25, 0.3) is 5.69 Å². The Hall–Kier alpha value is -4.44. The van der Waals surface area contributed by atoms with Crippen molar-refractivity contribution in [1.29, 1.82) is 0 Å². The number of fused-ring (bicyclic) bond motifs is 1. The highest BCUT2D eigenvalue weighted by Gasteiger charge is 2.15. The number of hydrazone groups is 1. The molecule has 35 heavy (non-hydrogen) atoms. The number of benzene rings is 3. The number of nitrogens with one attached hydrogen (secondary N) is 1. The van der Waals surface area contributed by atoms with Gasteiger partial charge in [-0.2, -0.15) is 5.10 Å². The molecule has 1 heterocycles. The van der Waals surface area contributed by atoms with Crippen LogP contribution in [0.5, 0.6) is 11.5 Å². The van der Waals surface area contributed by atoms with Gasteiger partial charge >= 0.3 is 5.91 Å². The van der Waals surface area contributed by atoms with Gasteiger partial charge in [0.1, 0.15) is 18.0 Å². The average Bonchev–Trinajstić information content (AvgIpc) is 3.27. The van der Waals surface area contributed by atoms with Crippen molar-refractivity contribution in [3.05, 3.63) is 98.5 Å². The van der Waals surface area contributed by atoms with Gasteiger partial charge in [-0.05, 0) is 47.5 Å². The molecule has 1 aromatic heterocycles. The Bertz CT molecular complexity index is 1440. The summed E-state index contributed by atoms with van der Waals surface area (Å²) in [5, 5.41) is 15.5. The minimum Gasteiger partial charge on any atom is -0.493 e. The lowest BCUT2D eigenvalue weighted by Gasteiger charge is -2.13. The number of rotatable bonds is 8. The normalized spacial score (nSPS) is 11.1. The summed E-state index contributed by atoms with van der Waals surface area (Å²) in [6.45, 7) is 0.153. The predicted octanol–water partition coefficient (Wildman–Crippen LogP) is 5.49. The van der Waals surface area contributed by atoms with Crippen LogP contribution in [0.25, 0.3) is 11.0 Å². The van der Waals surface area contributed by atoms with E-state index in [-0.39, 0.29) is 28.9 Å². The van der Waals surface area contributed by atoms with E-state index >= 15 is 0 Å². The SMILES string of the molecule is COc1cc(/C=N/NC(=O)c2cc3cc([N+](=O)[O-])ccc3o2)cc(Cl)c1OCc1ccc(F)cc1. The summed E-state index contributed by atoms with van der Waals surface area (Å²) in [4.78, 5) is 22.7. The van der Waals surface area contributed by atoms with Crippen molar-refractivity contribution in [2.75, 3.05) is 7.11 Å². The number of non-ortho nitro benzene ring substituents is 1. The molecule has 9 nitrogen and oxygen atoms in total. The quantitative estimate of drug-likeness (QED) is 0.195. The Morgan fingerprint density at radius 1 is 1.20 bits per heavy atom. The molecule has 0 fully saturated rings. The van der Waals surface area contributed by atoms with Crippen LogP contribution in [0.4, 0.5) is 10.1 Å². The molecule has 0 aliphatic carbocycles. The van der Waals surface area contributed by atoms with Gasteiger partial charge in [-0.1, -0.05) is 23.7 Å². The number of hydrogen-bond donors (Lipinski definition) is 1. The van der Waals surface area contributed by atoms with Crippen molar-refractivity contribution < 1.29 is 28.0 Å². The minimum atomic E-state index is -0.641. The molecule has 0 unspecified atom stereocenters. The second-order valence-electron chi connectivity index (χ2n) is 7.24. The Morgan fingerprint density at radius 2 is 1.97 bits per heavy atom. The molecule has 0 aliphatic rings. The monoisotopic (exact) mass is 497 g/mol. The molecule has 4 aromatic rings. The zero-order chi connectivity index (χ0) is 24.9. The molecule has 0 spiro atoms. The molecule has 3 aromatic carbocycles. The highest BCUT2D eigenvalue weighted by atomic mass is 35.5. The first-order valence-electron chi connectivity index (χ1n) is 10.1. The maximum absolute atomic E-state index is 13.1. The molecule has 1 amide bonds. The Morgan fingerprint density at radius 3 is 2.69 bits per heavy atom. The number of carbonyl (C=O) groups excluding carboxylic acids is 1. The van der Waals surface area contributed by atoms with Crippen molar-refractivity contribution in [3.8, 4) is 11.5 Å². The van der Waals surface area contributed by atoms with Gasteiger partial charge in [-0.3, -0.25) is 14.9 Å². The van der Waals surface area contributed by atoms with Crippen molar-refractivity contribution in [2.45, 2.75) is 6.61 Å². The summed E-state index contributed by atoms with van der Waals surface area (Å²) >= 11 is 6.35. The third kappa shape index (κ3) is 5.56. The van der Waals surface area contributed by atoms with Crippen LogP contribution in [0.3, 0.4) is 0 Å². The van der Waals surface area contributed by atoms with Crippen molar-refractivity contribution in [3.63, 3.8) is 0 Å². The first-order chi connectivity index (χ1) is 16.8. The fourth-order valence-electron chi connectivity index (χ4n) is 3.17. The topological polar surface area (TPSA) is 116 Å². The standard InChI is InChI=1S/C24H17ClFN3O6/c1-33-21-9-15(8-19(25)23(21)34-13-14-2-4-17(26)5-3-14)12-27-28-24(30)22-11-16-10-18(29(31)32)6-7-20(16)35-22/h2-12H,13H2,1H3,(H,28,30)/b27-12+. The minimum absolute atomic E-state index is 0.0576. The summed E-state index contributed by atoms with van der Waals surface area (Å²) in [6.07, 6.45) is 1.35. The van der Waals surface area contributed by atoms with E-state index in [1.807, 2.05) is 0 Å². The number of carbonyl (C=O) groups is 1. The Balaban J connectivity index is 1.44. The van der Waals surface area contributed by atoms with Gasteiger partial charge in [0.2, 0.25) is 0 Å². The fourth-order valence-corrected chi connectivity index (χ4v) is 3.44. The largest absolute Gasteiger partial charge is 0.493 e. The molecule has 11 heteroatoms. The second kappa shape index (κ2) is 10.2. The van der Waals surface area contributed by atoms with E-state index in [1.165, 1.54) is 49.7 Å². The number of nitro benzene ring substituents is 1. The fraction of sp³-hybridized carbons (Fsp3) is 0.0833. The average molecular weight is 498 g/mol. The number of methoxy groups -OCH3 is 1. The lowest BCUT2D eigenvalue weighted by atomic mass is 10.2. The van der Waals surface area contributed by atoms with Gasteiger partial charge in [0.05, 0.1) is 23.3 Å². The molecule has 0 saturated heterocycles. The molecule has 0 aliphatic heterocycles. The summed E-state index contributed by atoms with van der Waals surface area (Å²) in [6, 6.07) is 14.5. The molecule has 0 bridgehead atoms. The van der Waals surface area contributed by atoms with Gasteiger partial charge in [-0.25, -0.2) is 9.82 Å². The van der Waals surface area contributed by atoms with Crippen LogP contribution >= 0.6 is 11.6 Å². The van der Waals surface area contributed by atoms with E-state index in [2.05, 4.69) is 10.5 Å². The smallest absolute Gasteiger partial charge is 0.307 e. The van der Waals surface area contributed by atoms with E-state index < -0.39 is 10.8 Å². The second-order valence-corrected chi connectivity index (χ2v) is 7.65. The first-order valence-corrected chi connectivity index (χ1v) is 10.5. The molecular weight excluding hydrogens is 481 g/mol. The molecular formula is C24H17ClFN3O6. The summed E-state index contributed by atoms with van der Waals surface area (Å²) in [7, 11) is 1.45. The van der Waals surface area contributed by atoms with Gasteiger partial charge < -0.3 is 13.9 Å². The number of amides is 1. The van der Waals surface area contributed by atoms with E-state index in [1.54, 1.807) is 24.3 Å². The number of nitrogens with zero attached hydrogens (tertiary/aromatic N) is 2. The third-order valence-electron chi connectivity index (χ3n) is 4.86. The van der Waals surface area contributed by atoms with Crippen LogP contribution in [-0.2, 0) is 6.61 Å². The maximum Gasteiger partial charge on any atom is 0.307 e. The zero-order valence-electron chi connectivity index (χ0n) is 18.2. The Labute approximate surface area is 202 Å². The summed E-state index contributed by atoms with van der Waals surface area (Å²) < 4.78 is 29.6. The predicted molar refractivity (Wildman–Crippen MR) is 127 cm³/mol. The molecule has 0 radical (unpaired) electrons. The lowest BCUT2D eigenvalue weighted by molar-refractivity contribution is -0.384. The first kappa shape index (κ1) is 23.7. The van der Waals surface area contributed by atoms with Crippen LogP contribution in [-0.4, -0.2) is 24.2 Å². The number of furan rings is 1. The van der Waals surface area contributed by atoms with Crippen molar-refractivity contribution in [1.82, 2.24) is 5.43 Å². The zero-order valence-corrected chi connectivity index (χ0v) is 18.9. The van der Waals surface area contributed by atoms with Crippen molar-refractivity contribution >= 4 is 40.4 Å². The van der Waals surface area contributed by atoms with Crippen LogP contribution in [0.15, 0.2) is 70.2 Å². The third-order valence-corrected chi connectivity index (χ3v) is 5.14. The van der Waals surface area contributed by atoms with E-state index in [4.69, 9.17) is 25.5 Å². The number of ether oxygens (including phenoxy) is 2. The van der Waals surface area contributed by atoms with Crippen molar-refractivity contribution in [2.24, 2.45) is 5.10 Å². The highest BCUT2D eigenvalue weighted by Crippen LogP contribution is 2.36. The van der Waals surface area contributed by atoms with E-state index in [0.717, 1.165) is 5.56 Å². The van der Waals surface area contributed by atoms with E-state index in [0.29, 0.717) is 28.0 Å². The number of hydrogen-bond acceptors (Lipinski definition) is 7. The number of nitro groups is 1. The highest BCUT2D eigenvalue weighted by molar-refractivity contribution is 6.32. The molecule has 1 N–H and O–H groups in total. The number of halogens is 2. The Kier molecular flexibility index (Phi) is 6.93. The van der Waals surface area contributed by atoms with E-state index in [9.17, 15) is 19.3 Å². The lowest BCUT2D eigenvalue weighted by Crippen LogP contribution is -2.16.